The Morgan fingerprint density at radius 1 is 1.07 bits per heavy atom. The van der Waals surface area contributed by atoms with Crippen molar-refractivity contribution in [2.24, 2.45) is 17.8 Å². The fourth-order valence-corrected chi connectivity index (χ4v) is 5.38. The minimum atomic E-state index is -0.0440. The van der Waals surface area contributed by atoms with Crippen LogP contribution in [0.5, 0.6) is 0 Å². The van der Waals surface area contributed by atoms with Gasteiger partial charge in [-0.15, -0.1) is 0 Å². The Morgan fingerprint density at radius 3 is 2.57 bits per heavy atom. The Balaban J connectivity index is 1.19. The van der Waals surface area contributed by atoms with E-state index in [9.17, 15) is 9.59 Å². The summed E-state index contributed by atoms with van der Waals surface area (Å²) in [4.78, 5) is 34.0. The van der Waals surface area contributed by atoms with Gasteiger partial charge < -0.3 is 9.80 Å². The first kappa shape index (κ1) is 17.7. The number of rotatable bonds is 3. The zero-order valence-corrected chi connectivity index (χ0v) is 16.3. The quantitative estimate of drug-likeness (QED) is 0.821. The van der Waals surface area contributed by atoms with Crippen LogP contribution in [0.2, 0.25) is 0 Å². The van der Waals surface area contributed by atoms with Crippen molar-refractivity contribution in [1.29, 1.82) is 0 Å². The number of aromatic nitrogens is 2. The van der Waals surface area contributed by atoms with Crippen LogP contribution in [0.25, 0.3) is 5.65 Å². The molecule has 1 aliphatic carbocycles. The monoisotopic (exact) mass is 380 g/mol. The zero-order chi connectivity index (χ0) is 19.1. The molecule has 0 spiro atoms. The highest BCUT2D eigenvalue weighted by Crippen LogP contribution is 2.38. The summed E-state index contributed by atoms with van der Waals surface area (Å²) in [5.74, 6) is 3.10. The number of pyridine rings is 1. The van der Waals surface area contributed by atoms with Crippen LogP contribution in [0.1, 0.15) is 38.5 Å². The van der Waals surface area contributed by atoms with Crippen molar-refractivity contribution >= 4 is 17.4 Å². The molecule has 2 aromatic heterocycles. The van der Waals surface area contributed by atoms with E-state index >= 15 is 0 Å². The number of amides is 1. The molecule has 2 aromatic rings. The number of carbonyl (C=O) groups excluding carboxylic acids is 1. The van der Waals surface area contributed by atoms with E-state index in [0.717, 1.165) is 56.7 Å². The minimum absolute atomic E-state index is 0.0440. The molecule has 28 heavy (non-hydrogen) atoms. The average Bonchev–Trinajstić information content (AvgIpc) is 3.31. The summed E-state index contributed by atoms with van der Waals surface area (Å²) < 4.78 is 1.57. The molecule has 2 saturated heterocycles. The Labute approximate surface area is 165 Å². The smallest absolute Gasteiger partial charge is 0.259 e. The van der Waals surface area contributed by atoms with Crippen molar-refractivity contribution in [2.45, 2.75) is 38.5 Å². The number of hydrogen-bond donors (Lipinski definition) is 0. The van der Waals surface area contributed by atoms with Crippen molar-refractivity contribution in [3.8, 4) is 0 Å². The predicted molar refractivity (Wildman–Crippen MR) is 108 cm³/mol. The highest BCUT2D eigenvalue weighted by atomic mass is 16.2. The van der Waals surface area contributed by atoms with Crippen molar-refractivity contribution in [2.75, 3.05) is 31.1 Å². The van der Waals surface area contributed by atoms with Gasteiger partial charge in [0.05, 0.1) is 0 Å². The van der Waals surface area contributed by atoms with Crippen molar-refractivity contribution in [3.05, 3.63) is 40.8 Å². The lowest BCUT2D eigenvalue weighted by Gasteiger charge is -2.33. The molecule has 2 unspecified atom stereocenters. The molecule has 2 atom stereocenters. The van der Waals surface area contributed by atoms with E-state index in [4.69, 9.17) is 0 Å². The van der Waals surface area contributed by atoms with Crippen LogP contribution < -0.4 is 10.5 Å². The largest absolute Gasteiger partial charge is 0.356 e. The van der Waals surface area contributed by atoms with Crippen LogP contribution in [-0.2, 0) is 4.79 Å². The number of fused-ring (bicyclic) bond motifs is 2. The first-order valence-corrected chi connectivity index (χ1v) is 10.7. The second-order valence-corrected chi connectivity index (χ2v) is 8.77. The van der Waals surface area contributed by atoms with Gasteiger partial charge in [-0.05, 0) is 55.6 Å². The van der Waals surface area contributed by atoms with Gasteiger partial charge in [-0.2, -0.15) is 0 Å². The molecule has 1 amide bonds. The zero-order valence-electron chi connectivity index (χ0n) is 16.3. The van der Waals surface area contributed by atoms with Gasteiger partial charge in [0.15, 0.2) is 0 Å². The SMILES string of the molecule is O=C(CC1CCN(c2cc(=O)n3ccccc3n2)CC1)N1CC2CCCC2C1. The molecule has 2 aliphatic heterocycles. The van der Waals surface area contributed by atoms with Crippen LogP contribution in [0.4, 0.5) is 5.82 Å². The third-order valence-electron chi connectivity index (χ3n) is 7.04. The Bertz CT molecular complexity index is 920. The van der Waals surface area contributed by atoms with Crippen LogP contribution in [0.15, 0.2) is 35.3 Å². The number of carbonyl (C=O) groups is 1. The Morgan fingerprint density at radius 2 is 1.82 bits per heavy atom. The maximum atomic E-state index is 12.7. The lowest BCUT2D eigenvalue weighted by Crippen LogP contribution is -2.38. The molecule has 1 saturated carbocycles. The fraction of sp³-hybridized carbons (Fsp3) is 0.591. The number of anilines is 1. The minimum Gasteiger partial charge on any atom is -0.356 e. The normalized spacial score (nSPS) is 25.4. The molecular formula is C22H28N4O2. The predicted octanol–water partition coefficient (Wildman–Crippen LogP) is 2.56. The van der Waals surface area contributed by atoms with Gasteiger partial charge in [-0.25, -0.2) is 4.98 Å². The number of hydrogen-bond acceptors (Lipinski definition) is 4. The van der Waals surface area contributed by atoms with Crippen LogP contribution >= 0.6 is 0 Å². The number of nitrogens with zero attached hydrogens (tertiary/aromatic N) is 4. The summed E-state index contributed by atoms with van der Waals surface area (Å²) in [6.45, 7) is 3.71. The van der Waals surface area contributed by atoms with Crippen molar-refractivity contribution in [1.82, 2.24) is 14.3 Å². The molecule has 0 bridgehead atoms. The molecule has 3 fully saturated rings. The Hall–Kier alpha value is -2.37. The molecule has 5 rings (SSSR count). The standard InChI is InChI=1S/C22H28N4O2/c27-21(25-14-17-4-3-5-18(17)15-25)12-16-7-10-24(11-8-16)20-13-22(28)26-9-2-1-6-19(26)23-20/h1-2,6,9,13,16-18H,3-5,7-8,10-12,14-15H2. The van der Waals surface area contributed by atoms with E-state index in [1.165, 1.54) is 19.3 Å². The number of piperidine rings is 1. The van der Waals surface area contributed by atoms with Crippen LogP contribution in [-0.4, -0.2) is 46.4 Å². The summed E-state index contributed by atoms with van der Waals surface area (Å²) in [5.41, 5.74) is 0.638. The molecule has 4 heterocycles. The molecule has 0 radical (unpaired) electrons. The first-order valence-electron chi connectivity index (χ1n) is 10.7. The van der Waals surface area contributed by atoms with Gasteiger partial charge in [0.1, 0.15) is 11.5 Å². The van der Waals surface area contributed by atoms with E-state index in [1.54, 1.807) is 16.7 Å². The van der Waals surface area contributed by atoms with E-state index in [2.05, 4.69) is 14.8 Å². The van der Waals surface area contributed by atoms with Gasteiger partial charge in [-0.3, -0.25) is 14.0 Å². The third kappa shape index (κ3) is 3.29. The lowest BCUT2D eigenvalue weighted by atomic mass is 9.93. The van der Waals surface area contributed by atoms with Gasteiger partial charge in [0.25, 0.3) is 5.56 Å². The second kappa shape index (κ2) is 7.22. The van der Waals surface area contributed by atoms with Gasteiger partial charge >= 0.3 is 0 Å². The lowest BCUT2D eigenvalue weighted by molar-refractivity contribution is -0.131. The molecule has 0 N–H and O–H groups in total. The maximum Gasteiger partial charge on any atom is 0.259 e. The van der Waals surface area contributed by atoms with Gasteiger partial charge in [0.2, 0.25) is 5.91 Å². The van der Waals surface area contributed by atoms with E-state index in [0.29, 0.717) is 23.9 Å². The van der Waals surface area contributed by atoms with Gasteiger partial charge in [-0.1, -0.05) is 12.5 Å². The topological polar surface area (TPSA) is 57.9 Å². The molecular weight excluding hydrogens is 352 g/mol. The Kier molecular flexibility index (Phi) is 4.57. The maximum absolute atomic E-state index is 12.7. The highest BCUT2D eigenvalue weighted by Gasteiger charge is 2.38. The molecule has 6 nitrogen and oxygen atoms in total. The fourth-order valence-electron chi connectivity index (χ4n) is 5.38. The second-order valence-electron chi connectivity index (χ2n) is 8.77. The third-order valence-corrected chi connectivity index (χ3v) is 7.04. The molecule has 3 aliphatic rings. The molecule has 0 aromatic carbocycles. The van der Waals surface area contributed by atoms with Crippen molar-refractivity contribution in [3.63, 3.8) is 0 Å². The molecule has 148 valence electrons. The van der Waals surface area contributed by atoms with E-state index in [1.807, 2.05) is 18.2 Å². The van der Waals surface area contributed by atoms with Crippen LogP contribution in [0.3, 0.4) is 0 Å². The summed E-state index contributed by atoms with van der Waals surface area (Å²) >= 11 is 0. The molecule has 6 heteroatoms. The highest BCUT2D eigenvalue weighted by molar-refractivity contribution is 5.76. The van der Waals surface area contributed by atoms with E-state index < -0.39 is 0 Å². The van der Waals surface area contributed by atoms with E-state index in [-0.39, 0.29) is 5.56 Å². The van der Waals surface area contributed by atoms with Crippen LogP contribution in [0, 0.1) is 17.8 Å². The summed E-state index contributed by atoms with van der Waals surface area (Å²) in [6.07, 6.45) is 8.38. The van der Waals surface area contributed by atoms with Gasteiger partial charge in [0, 0.05) is 44.9 Å². The average molecular weight is 380 g/mol. The van der Waals surface area contributed by atoms with Crippen molar-refractivity contribution < 1.29 is 4.79 Å². The first-order chi connectivity index (χ1) is 13.7. The summed E-state index contributed by atoms with van der Waals surface area (Å²) in [7, 11) is 0. The summed E-state index contributed by atoms with van der Waals surface area (Å²) in [5, 5.41) is 0. The summed E-state index contributed by atoms with van der Waals surface area (Å²) in [6, 6.07) is 7.23. The number of likely N-dealkylation sites (tertiary alicyclic amines) is 1.